The maximum atomic E-state index is 9.91. The van der Waals surface area contributed by atoms with Crippen molar-refractivity contribution in [2.45, 2.75) is 62.9 Å². The van der Waals surface area contributed by atoms with Crippen LogP contribution in [0.5, 0.6) is 5.88 Å². The first-order chi connectivity index (χ1) is 13.9. The number of methoxy groups -OCH3 is 1. The summed E-state index contributed by atoms with van der Waals surface area (Å²) in [5.41, 5.74) is 2.61. The van der Waals surface area contributed by atoms with Gasteiger partial charge in [0.15, 0.2) is 0 Å². The number of benzene rings is 1. The number of fused-ring (bicyclic) bond motifs is 1. The number of hydrogen-bond acceptors (Lipinski definition) is 6. The number of nitrogens with zero attached hydrogens (tertiary/aromatic N) is 2. The molecule has 1 heterocycles. The number of aromatic nitrogens is 2. The molecule has 5 atom stereocenters. The van der Waals surface area contributed by atoms with E-state index < -0.39 is 6.10 Å². The summed E-state index contributed by atoms with van der Waals surface area (Å²) in [6, 6.07) is 10.3. The van der Waals surface area contributed by atoms with E-state index >= 15 is 0 Å². The minimum absolute atomic E-state index is 0.00369. The van der Waals surface area contributed by atoms with Crippen LogP contribution in [0.15, 0.2) is 36.7 Å². The quantitative estimate of drug-likeness (QED) is 0.803. The molecular weight excluding hydrogens is 366 g/mol. The molecule has 1 aromatic heterocycles. The van der Waals surface area contributed by atoms with Gasteiger partial charge in [-0.25, -0.2) is 9.97 Å². The fourth-order valence-electron chi connectivity index (χ4n) is 4.67. The lowest BCUT2D eigenvalue weighted by Crippen LogP contribution is -2.40. The standard InChI is InChI=1S/C23H30N3O3/c1-14-9-15(10-18(14)27)29-21-11-20(24-13-25-21)26-22-16-7-5-6-8-17(16)23(2,3)12-19(22)28-4/h5-8,11,13-15,18-19,22,27H,1,9-10,12H2,2-4H3,(H,24,25,26)/t14-,15+,18-,19-,22+/m0/s1. The molecule has 2 aliphatic carbocycles. The molecule has 0 aliphatic heterocycles. The molecule has 1 saturated carbocycles. The molecular formula is C23H30N3O3. The van der Waals surface area contributed by atoms with Gasteiger partial charge in [0.05, 0.1) is 18.2 Å². The van der Waals surface area contributed by atoms with Crippen molar-refractivity contribution in [3.05, 3.63) is 54.7 Å². The van der Waals surface area contributed by atoms with Crippen molar-refractivity contribution >= 4 is 5.82 Å². The van der Waals surface area contributed by atoms with Crippen molar-refractivity contribution < 1.29 is 14.6 Å². The van der Waals surface area contributed by atoms with Gasteiger partial charge in [0.1, 0.15) is 18.2 Å². The Bertz CT molecular complexity index is 847. The van der Waals surface area contributed by atoms with Crippen molar-refractivity contribution in [1.82, 2.24) is 9.97 Å². The number of anilines is 1. The third kappa shape index (κ3) is 4.09. The highest BCUT2D eigenvalue weighted by Crippen LogP contribution is 2.43. The Labute approximate surface area is 172 Å². The van der Waals surface area contributed by atoms with E-state index in [0.29, 0.717) is 18.1 Å². The zero-order chi connectivity index (χ0) is 20.6. The van der Waals surface area contributed by atoms with Gasteiger partial charge < -0.3 is 19.9 Å². The number of rotatable bonds is 5. The van der Waals surface area contributed by atoms with E-state index in [4.69, 9.17) is 9.47 Å². The van der Waals surface area contributed by atoms with Gasteiger partial charge in [-0.05, 0) is 42.2 Å². The highest BCUT2D eigenvalue weighted by molar-refractivity contribution is 5.47. The Morgan fingerprint density at radius 3 is 2.72 bits per heavy atom. The van der Waals surface area contributed by atoms with Crippen LogP contribution in [-0.4, -0.2) is 40.5 Å². The van der Waals surface area contributed by atoms with Gasteiger partial charge in [-0.1, -0.05) is 38.1 Å². The Hall–Kier alpha value is -2.18. The van der Waals surface area contributed by atoms with E-state index in [1.54, 1.807) is 7.11 Å². The predicted octanol–water partition coefficient (Wildman–Crippen LogP) is 3.68. The zero-order valence-electron chi connectivity index (χ0n) is 17.3. The largest absolute Gasteiger partial charge is 0.474 e. The average Bonchev–Trinajstić information content (AvgIpc) is 3.01. The summed E-state index contributed by atoms with van der Waals surface area (Å²) in [4.78, 5) is 8.64. The molecule has 0 amide bonds. The van der Waals surface area contributed by atoms with Crippen LogP contribution < -0.4 is 10.1 Å². The van der Waals surface area contributed by atoms with Crippen molar-refractivity contribution in [1.29, 1.82) is 0 Å². The van der Waals surface area contributed by atoms with Gasteiger partial charge in [0.2, 0.25) is 5.88 Å². The van der Waals surface area contributed by atoms with Crippen molar-refractivity contribution in [2.24, 2.45) is 5.92 Å². The second-order valence-corrected chi connectivity index (χ2v) is 8.85. The van der Waals surface area contributed by atoms with Gasteiger partial charge in [0.25, 0.3) is 0 Å². The van der Waals surface area contributed by atoms with Gasteiger partial charge in [-0.3, -0.25) is 0 Å². The first-order valence-corrected chi connectivity index (χ1v) is 10.3. The number of ether oxygens (including phenoxy) is 2. The Balaban J connectivity index is 1.55. The zero-order valence-corrected chi connectivity index (χ0v) is 17.3. The lowest BCUT2D eigenvalue weighted by Gasteiger charge is -2.42. The van der Waals surface area contributed by atoms with E-state index in [1.807, 2.05) is 6.07 Å². The van der Waals surface area contributed by atoms with Crippen LogP contribution in [-0.2, 0) is 10.2 Å². The summed E-state index contributed by atoms with van der Waals surface area (Å²) in [7, 11) is 1.76. The van der Waals surface area contributed by atoms with Crippen molar-refractivity contribution in [3.63, 3.8) is 0 Å². The summed E-state index contributed by atoms with van der Waals surface area (Å²) < 4.78 is 11.8. The van der Waals surface area contributed by atoms with Crippen LogP contribution in [0.2, 0.25) is 0 Å². The molecule has 0 spiro atoms. The second kappa shape index (κ2) is 7.92. The molecule has 29 heavy (non-hydrogen) atoms. The fourth-order valence-corrected chi connectivity index (χ4v) is 4.67. The van der Waals surface area contributed by atoms with Gasteiger partial charge >= 0.3 is 0 Å². The molecule has 0 saturated heterocycles. The lowest BCUT2D eigenvalue weighted by molar-refractivity contribution is 0.0532. The van der Waals surface area contributed by atoms with E-state index in [0.717, 1.165) is 12.8 Å². The molecule has 2 N–H and O–H groups in total. The van der Waals surface area contributed by atoms with Crippen LogP contribution in [0, 0.1) is 12.8 Å². The maximum absolute atomic E-state index is 9.91. The number of hydrogen-bond donors (Lipinski definition) is 2. The van der Waals surface area contributed by atoms with Gasteiger partial charge in [0, 0.05) is 19.6 Å². The topological polar surface area (TPSA) is 76.5 Å². The lowest BCUT2D eigenvalue weighted by atomic mass is 9.69. The maximum Gasteiger partial charge on any atom is 0.218 e. The molecule has 0 bridgehead atoms. The Morgan fingerprint density at radius 1 is 1.21 bits per heavy atom. The summed E-state index contributed by atoms with van der Waals surface area (Å²) in [5, 5.41) is 13.4. The van der Waals surface area contributed by atoms with Crippen LogP contribution in [0.4, 0.5) is 5.82 Å². The van der Waals surface area contributed by atoms with E-state index in [-0.39, 0.29) is 29.6 Å². The molecule has 4 rings (SSSR count). The van der Waals surface area contributed by atoms with Crippen molar-refractivity contribution in [3.8, 4) is 5.88 Å². The monoisotopic (exact) mass is 396 g/mol. The highest BCUT2D eigenvalue weighted by atomic mass is 16.5. The molecule has 1 radical (unpaired) electrons. The minimum atomic E-state index is -0.413. The van der Waals surface area contributed by atoms with Gasteiger partial charge in [-0.2, -0.15) is 0 Å². The predicted molar refractivity (Wildman–Crippen MR) is 112 cm³/mol. The third-order valence-electron chi connectivity index (χ3n) is 6.26. The normalized spacial score (nSPS) is 30.6. The Kier molecular flexibility index (Phi) is 5.49. The third-order valence-corrected chi connectivity index (χ3v) is 6.26. The van der Waals surface area contributed by atoms with E-state index in [2.05, 4.69) is 60.3 Å². The average molecular weight is 397 g/mol. The molecule has 6 heteroatoms. The summed E-state index contributed by atoms with van der Waals surface area (Å²) in [6.07, 6.45) is 3.27. The van der Waals surface area contributed by atoms with Crippen LogP contribution in [0.3, 0.4) is 0 Å². The van der Waals surface area contributed by atoms with Crippen molar-refractivity contribution in [2.75, 3.05) is 12.4 Å². The summed E-state index contributed by atoms with van der Waals surface area (Å²) >= 11 is 0. The summed E-state index contributed by atoms with van der Waals surface area (Å²) in [5.74, 6) is 1.21. The minimum Gasteiger partial charge on any atom is -0.474 e. The molecule has 2 aliphatic rings. The molecule has 1 aromatic carbocycles. The summed E-state index contributed by atoms with van der Waals surface area (Å²) in [6.45, 7) is 8.49. The number of nitrogens with one attached hydrogen (secondary N) is 1. The SMILES string of the molecule is [CH2][C@H]1C[C@@H](Oc2cc(N[C@@H]3c4ccccc4C(C)(C)C[C@@H]3OC)ncn2)C[C@@H]1O. The smallest absolute Gasteiger partial charge is 0.218 e. The van der Waals surface area contributed by atoms with Crippen LogP contribution in [0.1, 0.15) is 50.3 Å². The first-order valence-electron chi connectivity index (χ1n) is 10.3. The number of aliphatic hydroxyl groups is 1. The van der Waals surface area contributed by atoms with Crippen LogP contribution in [0.25, 0.3) is 0 Å². The molecule has 155 valence electrons. The molecule has 0 unspecified atom stereocenters. The molecule has 2 aromatic rings. The van der Waals surface area contributed by atoms with Crippen LogP contribution >= 0.6 is 0 Å². The fraction of sp³-hybridized carbons (Fsp3) is 0.522. The number of aliphatic hydroxyl groups excluding tert-OH is 1. The molecule has 1 fully saturated rings. The Morgan fingerprint density at radius 2 is 2.00 bits per heavy atom. The highest BCUT2D eigenvalue weighted by Gasteiger charge is 2.39. The molecule has 6 nitrogen and oxygen atoms in total. The van der Waals surface area contributed by atoms with Gasteiger partial charge in [-0.15, -0.1) is 0 Å². The second-order valence-electron chi connectivity index (χ2n) is 8.85. The first kappa shape index (κ1) is 20.1. The van der Waals surface area contributed by atoms with E-state index in [9.17, 15) is 5.11 Å². The van der Waals surface area contributed by atoms with E-state index in [1.165, 1.54) is 17.5 Å².